The van der Waals surface area contributed by atoms with Crippen LogP contribution in [-0.2, 0) is 48.3 Å². The third-order valence-corrected chi connectivity index (χ3v) is 6.48. The molecule has 0 saturated heterocycles. The van der Waals surface area contributed by atoms with Crippen LogP contribution in [0.15, 0.2) is 84.9 Å². The van der Waals surface area contributed by atoms with Gasteiger partial charge in [0.25, 0.3) is 0 Å². The lowest BCUT2D eigenvalue weighted by Gasteiger charge is -2.17. The second-order valence-electron chi connectivity index (χ2n) is 10.3. The molecule has 0 bridgehead atoms. The zero-order valence-corrected chi connectivity index (χ0v) is 25.8. The molecular weight excluding hydrogens is 612 g/mol. The van der Waals surface area contributed by atoms with Crippen molar-refractivity contribution in [2.75, 3.05) is 6.54 Å². The molecule has 5 N–H and O–H groups in total. The summed E-state index contributed by atoms with van der Waals surface area (Å²) in [7, 11) is 0. The molecule has 14 heteroatoms. The highest BCUT2D eigenvalue weighted by Gasteiger charge is 2.23. The van der Waals surface area contributed by atoms with Gasteiger partial charge in [-0.05, 0) is 42.7 Å². The molecule has 0 spiro atoms. The quantitative estimate of drug-likeness (QED) is 0.121. The van der Waals surface area contributed by atoms with E-state index in [2.05, 4.69) is 21.3 Å². The van der Waals surface area contributed by atoms with Crippen molar-refractivity contribution >= 4 is 35.9 Å². The number of ether oxygens (including phenoxy) is 3. The summed E-state index contributed by atoms with van der Waals surface area (Å²) in [6, 6.07) is 20.5. The van der Waals surface area contributed by atoms with E-state index in [0.717, 1.165) is 11.1 Å². The zero-order valence-electron chi connectivity index (χ0n) is 25.8. The Balaban J connectivity index is 1.39. The number of amides is 4. The third kappa shape index (κ3) is 12.9. The molecule has 0 saturated carbocycles. The topological polar surface area (TPSA) is 198 Å². The monoisotopic (exact) mass is 648 g/mol. The van der Waals surface area contributed by atoms with Gasteiger partial charge in [-0.2, -0.15) is 0 Å². The van der Waals surface area contributed by atoms with Crippen molar-refractivity contribution in [1.29, 1.82) is 0 Å². The van der Waals surface area contributed by atoms with E-state index in [9.17, 15) is 33.9 Å². The highest BCUT2D eigenvalue weighted by atomic mass is 16.6. The van der Waals surface area contributed by atoms with Crippen molar-refractivity contribution < 1.29 is 48.1 Å². The number of carboxylic acids is 1. The van der Waals surface area contributed by atoms with Crippen LogP contribution in [0.1, 0.15) is 30.5 Å². The van der Waals surface area contributed by atoms with Gasteiger partial charge in [0, 0.05) is 6.42 Å². The molecule has 3 atom stereocenters. The van der Waals surface area contributed by atoms with E-state index in [0.29, 0.717) is 5.56 Å². The van der Waals surface area contributed by atoms with Crippen molar-refractivity contribution in [3.8, 4) is 5.75 Å². The fraction of sp³-hybridized carbons (Fsp3) is 0.273. The molecule has 0 aromatic heterocycles. The molecule has 0 heterocycles. The number of carboxylic acid groups (broad SMARTS) is 1. The van der Waals surface area contributed by atoms with Crippen molar-refractivity contribution in [3.05, 3.63) is 102 Å². The highest BCUT2D eigenvalue weighted by Crippen LogP contribution is 2.15. The molecule has 0 aliphatic carbocycles. The smallest absolute Gasteiger partial charge is 0.408 e. The van der Waals surface area contributed by atoms with Crippen molar-refractivity contribution in [2.24, 2.45) is 0 Å². The molecule has 14 nitrogen and oxygen atoms in total. The number of rotatable bonds is 15. The van der Waals surface area contributed by atoms with Crippen LogP contribution in [0.2, 0.25) is 0 Å². The normalized spacial score (nSPS) is 12.3. The van der Waals surface area contributed by atoms with Crippen LogP contribution >= 0.6 is 0 Å². The van der Waals surface area contributed by atoms with Crippen LogP contribution in [0.5, 0.6) is 5.75 Å². The van der Waals surface area contributed by atoms with E-state index < -0.39 is 60.6 Å². The van der Waals surface area contributed by atoms with Crippen LogP contribution in [0, 0.1) is 0 Å². The standard InChI is InChI=1S/C33H36N4O10/c1-21(35-32(43)45-19-24-9-5-3-6-10-24)29(39)34-18-28(38)37-27(30(40)41)17-23-13-15-26(16-14-23)47-31(42)22(2)36-33(44)46-20-25-11-7-4-8-12-25/h3-16,21-22,27H,17-20H2,1-2H3,(H,34,39)(H,35,43)(H,36,44)(H,37,38)(H,40,41)/t21-,22-,27-/m0/s1. The third-order valence-electron chi connectivity index (χ3n) is 6.48. The maximum absolute atomic E-state index is 12.4. The maximum atomic E-state index is 12.4. The molecule has 0 aliphatic rings. The number of carbonyl (C=O) groups is 6. The molecule has 3 rings (SSSR count). The van der Waals surface area contributed by atoms with Gasteiger partial charge in [0.05, 0.1) is 6.54 Å². The first-order valence-corrected chi connectivity index (χ1v) is 14.5. The van der Waals surface area contributed by atoms with E-state index in [1.807, 2.05) is 12.1 Å². The van der Waals surface area contributed by atoms with Gasteiger partial charge in [-0.3, -0.25) is 9.59 Å². The number of benzene rings is 3. The molecule has 0 fully saturated rings. The number of nitrogens with one attached hydrogen (secondary N) is 4. The fourth-order valence-corrected chi connectivity index (χ4v) is 3.91. The molecule has 0 aliphatic heterocycles. The van der Waals surface area contributed by atoms with Crippen LogP contribution in [0.4, 0.5) is 9.59 Å². The van der Waals surface area contributed by atoms with Crippen LogP contribution in [0.3, 0.4) is 0 Å². The van der Waals surface area contributed by atoms with E-state index in [1.54, 1.807) is 48.5 Å². The van der Waals surface area contributed by atoms with Crippen molar-refractivity contribution in [2.45, 2.75) is 51.6 Å². The minimum absolute atomic E-state index is 0.0124. The maximum Gasteiger partial charge on any atom is 0.408 e. The van der Waals surface area contributed by atoms with E-state index >= 15 is 0 Å². The largest absolute Gasteiger partial charge is 0.480 e. The van der Waals surface area contributed by atoms with Gasteiger partial charge in [0.15, 0.2) is 0 Å². The number of hydrogen-bond acceptors (Lipinski definition) is 9. The predicted octanol–water partition coefficient (Wildman–Crippen LogP) is 2.45. The van der Waals surface area contributed by atoms with E-state index in [1.165, 1.54) is 38.1 Å². The summed E-state index contributed by atoms with van der Waals surface area (Å²) in [4.78, 5) is 72.9. The second-order valence-corrected chi connectivity index (χ2v) is 10.3. The van der Waals surface area contributed by atoms with Gasteiger partial charge < -0.3 is 40.6 Å². The Bertz CT molecular complexity index is 1520. The van der Waals surface area contributed by atoms with Crippen LogP contribution in [-0.4, -0.2) is 65.7 Å². The molecule has 248 valence electrons. The van der Waals surface area contributed by atoms with Crippen molar-refractivity contribution in [1.82, 2.24) is 21.3 Å². The van der Waals surface area contributed by atoms with Crippen molar-refractivity contribution in [3.63, 3.8) is 0 Å². The summed E-state index contributed by atoms with van der Waals surface area (Å²) >= 11 is 0. The van der Waals surface area contributed by atoms with E-state index in [4.69, 9.17) is 14.2 Å². The Kier molecular flexibility index (Phi) is 13.7. The summed E-state index contributed by atoms with van der Waals surface area (Å²) in [6.07, 6.45) is -1.72. The molecule has 3 aromatic carbocycles. The lowest BCUT2D eigenvalue weighted by Crippen LogP contribution is -2.50. The number of alkyl carbamates (subject to hydrolysis) is 2. The minimum Gasteiger partial charge on any atom is -0.480 e. The van der Waals surface area contributed by atoms with Gasteiger partial charge in [-0.15, -0.1) is 0 Å². The molecule has 0 radical (unpaired) electrons. The van der Waals surface area contributed by atoms with Gasteiger partial charge >= 0.3 is 24.1 Å². The number of esters is 1. The number of aliphatic carboxylic acids is 1. The summed E-state index contributed by atoms with van der Waals surface area (Å²) in [6.45, 7) is 2.34. The summed E-state index contributed by atoms with van der Waals surface area (Å²) in [5.41, 5.74) is 2.05. The zero-order chi connectivity index (χ0) is 34.2. The summed E-state index contributed by atoms with van der Waals surface area (Å²) < 4.78 is 15.4. The van der Waals surface area contributed by atoms with E-state index in [-0.39, 0.29) is 25.4 Å². The average Bonchev–Trinajstić information content (AvgIpc) is 3.06. The molecule has 47 heavy (non-hydrogen) atoms. The number of hydrogen-bond donors (Lipinski definition) is 5. The average molecular weight is 649 g/mol. The molecule has 4 amide bonds. The minimum atomic E-state index is -1.33. The Labute approximate surface area is 270 Å². The summed E-state index contributed by atoms with van der Waals surface area (Å²) in [5, 5.41) is 19.0. The van der Waals surface area contributed by atoms with Gasteiger partial charge in [-0.1, -0.05) is 72.8 Å². The Morgan fingerprint density at radius 2 is 1.17 bits per heavy atom. The Morgan fingerprint density at radius 3 is 1.68 bits per heavy atom. The Hall–Kier alpha value is -5.92. The first-order chi connectivity index (χ1) is 22.5. The summed E-state index contributed by atoms with van der Waals surface area (Å²) in [5.74, 6) is -3.35. The first-order valence-electron chi connectivity index (χ1n) is 14.5. The molecule has 0 unspecified atom stereocenters. The number of carbonyl (C=O) groups excluding carboxylic acids is 5. The SMILES string of the molecule is C[C@H](NC(=O)OCc1ccccc1)C(=O)NCC(=O)N[C@@H](Cc1ccc(OC(=O)[C@H](C)NC(=O)OCc2ccccc2)cc1)C(=O)O. The lowest BCUT2D eigenvalue weighted by atomic mass is 10.1. The van der Waals surface area contributed by atoms with Gasteiger partial charge in [-0.25, -0.2) is 19.2 Å². The van der Waals surface area contributed by atoms with Gasteiger partial charge in [0.2, 0.25) is 11.8 Å². The fourth-order valence-electron chi connectivity index (χ4n) is 3.91. The predicted molar refractivity (Wildman–Crippen MR) is 167 cm³/mol. The molecular formula is C33H36N4O10. The highest BCUT2D eigenvalue weighted by molar-refractivity contribution is 5.90. The van der Waals surface area contributed by atoms with Crippen LogP contribution < -0.4 is 26.0 Å². The molecule has 3 aromatic rings. The lowest BCUT2D eigenvalue weighted by molar-refractivity contribution is -0.141. The second kappa shape index (κ2) is 18.1. The first kappa shape index (κ1) is 35.6. The van der Waals surface area contributed by atoms with Gasteiger partial charge in [0.1, 0.15) is 37.1 Å². The Morgan fingerprint density at radius 1 is 0.660 bits per heavy atom. The van der Waals surface area contributed by atoms with Crippen LogP contribution in [0.25, 0.3) is 0 Å².